The zero-order valence-electron chi connectivity index (χ0n) is 9.53. The first-order chi connectivity index (χ1) is 8.01. The van der Waals surface area contributed by atoms with Crippen molar-refractivity contribution in [1.82, 2.24) is 4.90 Å². The van der Waals surface area contributed by atoms with Gasteiger partial charge in [-0.2, -0.15) is 5.26 Å². The summed E-state index contributed by atoms with van der Waals surface area (Å²) >= 11 is 5.85. The number of benzene rings is 1. The summed E-state index contributed by atoms with van der Waals surface area (Å²) in [4.78, 5) is 13.2. The molecule has 1 rings (SSSR count). The fraction of sp³-hybridized carbons (Fsp3) is 0.273. The standard InChI is InChI=1S/C11H12ClN3O2/c1-15(4-3-13)11(16)7-5-8(12)9(14)6-10(7)17-2/h5-6H,4,14H2,1-2H3. The van der Waals surface area contributed by atoms with Gasteiger partial charge in [0.25, 0.3) is 5.91 Å². The number of hydrogen-bond donors (Lipinski definition) is 1. The molecule has 0 bridgehead atoms. The lowest BCUT2D eigenvalue weighted by Crippen LogP contribution is -2.27. The summed E-state index contributed by atoms with van der Waals surface area (Å²) in [5.41, 5.74) is 6.23. The summed E-state index contributed by atoms with van der Waals surface area (Å²) in [6, 6.07) is 4.81. The minimum Gasteiger partial charge on any atom is -0.496 e. The predicted molar refractivity (Wildman–Crippen MR) is 65.0 cm³/mol. The maximum atomic E-state index is 12.0. The Morgan fingerprint density at radius 3 is 2.82 bits per heavy atom. The van der Waals surface area contributed by atoms with Gasteiger partial charge < -0.3 is 15.4 Å². The quantitative estimate of drug-likeness (QED) is 0.654. The van der Waals surface area contributed by atoms with Crippen molar-refractivity contribution >= 4 is 23.2 Å². The third-order valence-corrected chi connectivity index (χ3v) is 2.53. The Bertz CT molecular complexity index is 482. The topological polar surface area (TPSA) is 79.3 Å². The molecule has 0 aliphatic heterocycles. The minimum atomic E-state index is -0.342. The number of carbonyl (C=O) groups is 1. The van der Waals surface area contributed by atoms with E-state index >= 15 is 0 Å². The molecule has 0 unspecified atom stereocenters. The lowest BCUT2D eigenvalue weighted by atomic mass is 10.1. The molecule has 1 amide bonds. The lowest BCUT2D eigenvalue weighted by Gasteiger charge is -2.16. The second-order valence-corrected chi connectivity index (χ2v) is 3.80. The van der Waals surface area contributed by atoms with Crippen LogP contribution in [0.15, 0.2) is 12.1 Å². The average Bonchev–Trinajstić information content (AvgIpc) is 2.31. The molecule has 0 fully saturated rings. The van der Waals surface area contributed by atoms with E-state index in [1.165, 1.54) is 31.2 Å². The van der Waals surface area contributed by atoms with Gasteiger partial charge in [-0.05, 0) is 6.07 Å². The molecule has 6 heteroatoms. The number of nitrogens with zero attached hydrogens (tertiary/aromatic N) is 2. The van der Waals surface area contributed by atoms with E-state index in [1.807, 2.05) is 6.07 Å². The van der Waals surface area contributed by atoms with Crippen molar-refractivity contribution in [3.63, 3.8) is 0 Å². The third kappa shape index (κ3) is 2.80. The van der Waals surface area contributed by atoms with Gasteiger partial charge in [0, 0.05) is 13.1 Å². The van der Waals surface area contributed by atoms with Gasteiger partial charge in [0.05, 0.1) is 29.5 Å². The molecule has 0 saturated heterocycles. The normalized spacial score (nSPS) is 9.53. The number of nitrogens with two attached hydrogens (primary N) is 1. The van der Waals surface area contributed by atoms with Crippen molar-refractivity contribution in [2.24, 2.45) is 0 Å². The largest absolute Gasteiger partial charge is 0.496 e. The third-order valence-electron chi connectivity index (χ3n) is 2.20. The molecular weight excluding hydrogens is 242 g/mol. The van der Waals surface area contributed by atoms with Crippen LogP contribution in [0.5, 0.6) is 5.75 Å². The summed E-state index contributed by atoms with van der Waals surface area (Å²) in [6.07, 6.45) is 0. The molecule has 0 aliphatic rings. The van der Waals surface area contributed by atoms with Crippen LogP contribution in [0.2, 0.25) is 5.02 Å². The monoisotopic (exact) mass is 253 g/mol. The molecular formula is C11H12ClN3O2. The maximum Gasteiger partial charge on any atom is 0.258 e. The Balaban J connectivity index is 3.17. The van der Waals surface area contributed by atoms with Crippen LogP contribution in [0.4, 0.5) is 5.69 Å². The highest BCUT2D eigenvalue weighted by molar-refractivity contribution is 6.33. The fourth-order valence-electron chi connectivity index (χ4n) is 1.29. The molecule has 1 aromatic carbocycles. The highest BCUT2D eigenvalue weighted by atomic mass is 35.5. The van der Waals surface area contributed by atoms with E-state index in [0.717, 1.165) is 0 Å². The first-order valence-electron chi connectivity index (χ1n) is 4.76. The number of amides is 1. The van der Waals surface area contributed by atoms with Crippen LogP contribution in [-0.2, 0) is 0 Å². The number of rotatable bonds is 3. The molecule has 5 nitrogen and oxygen atoms in total. The van der Waals surface area contributed by atoms with E-state index in [2.05, 4.69) is 0 Å². The van der Waals surface area contributed by atoms with Crippen LogP contribution < -0.4 is 10.5 Å². The Hall–Kier alpha value is -1.93. The maximum absolute atomic E-state index is 12.0. The van der Waals surface area contributed by atoms with Gasteiger partial charge >= 0.3 is 0 Å². The molecule has 90 valence electrons. The van der Waals surface area contributed by atoms with Crippen LogP contribution in [0.1, 0.15) is 10.4 Å². The summed E-state index contributed by atoms with van der Waals surface area (Å²) in [7, 11) is 2.96. The summed E-state index contributed by atoms with van der Waals surface area (Å²) in [5.74, 6) is -0.00742. The van der Waals surface area contributed by atoms with E-state index in [0.29, 0.717) is 11.4 Å². The Labute approximate surface area is 104 Å². The molecule has 0 saturated carbocycles. The number of anilines is 1. The number of halogens is 1. The highest BCUT2D eigenvalue weighted by Crippen LogP contribution is 2.29. The summed E-state index contributed by atoms with van der Waals surface area (Å²) in [6.45, 7) is -0.00994. The van der Waals surface area contributed by atoms with Gasteiger partial charge in [0.15, 0.2) is 0 Å². The number of hydrogen-bond acceptors (Lipinski definition) is 4. The van der Waals surface area contributed by atoms with Crippen LogP contribution in [0, 0.1) is 11.3 Å². The number of ether oxygens (including phenoxy) is 1. The number of nitriles is 1. The van der Waals surface area contributed by atoms with Crippen molar-refractivity contribution in [3.05, 3.63) is 22.7 Å². The number of nitrogen functional groups attached to an aromatic ring is 1. The van der Waals surface area contributed by atoms with E-state index in [9.17, 15) is 4.79 Å². The smallest absolute Gasteiger partial charge is 0.258 e. The molecule has 1 aromatic rings. The SMILES string of the molecule is COc1cc(N)c(Cl)cc1C(=O)N(C)CC#N. The number of carbonyl (C=O) groups excluding carboxylic acids is 1. The van der Waals surface area contributed by atoms with Crippen molar-refractivity contribution in [3.8, 4) is 11.8 Å². The molecule has 2 N–H and O–H groups in total. The average molecular weight is 254 g/mol. The van der Waals surface area contributed by atoms with Gasteiger partial charge in [0.1, 0.15) is 12.3 Å². The molecule has 0 spiro atoms. The Morgan fingerprint density at radius 1 is 1.65 bits per heavy atom. The van der Waals surface area contributed by atoms with Crippen molar-refractivity contribution < 1.29 is 9.53 Å². The van der Waals surface area contributed by atoms with Crippen LogP contribution in [-0.4, -0.2) is 31.5 Å². The molecule has 17 heavy (non-hydrogen) atoms. The fourth-order valence-corrected chi connectivity index (χ4v) is 1.45. The van der Waals surface area contributed by atoms with Gasteiger partial charge in [-0.25, -0.2) is 0 Å². The van der Waals surface area contributed by atoms with E-state index in [1.54, 1.807) is 0 Å². The van der Waals surface area contributed by atoms with Crippen LogP contribution in [0.3, 0.4) is 0 Å². The molecule has 0 radical (unpaired) electrons. The zero-order chi connectivity index (χ0) is 13.0. The van der Waals surface area contributed by atoms with Crippen molar-refractivity contribution in [2.75, 3.05) is 26.4 Å². The Morgan fingerprint density at radius 2 is 2.29 bits per heavy atom. The Kier molecular flexibility index (Phi) is 4.18. The first kappa shape index (κ1) is 13.1. The minimum absolute atomic E-state index is 0.00994. The van der Waals surface area contributed by atoms with E-state index < -0.39 is 0 Å². The molecule has 0 aromatic heterocycles. The van der Waals surface area contributed by atoms with Gasteiger partial charge in [-0.15, -0.1) is 0 Å². The van der Waals surface area contributed by atoms with E-state index in [-0.39, 0.29) is 23.0 Å². The van der Waals surface area contributed by atoms with Crippen molar-refractivity contribution in [2.45, 2.75) is 0 Å². The second-order valence-electron chi connectivity index (χ2n) is 3.39. The van der Waals surface area contributed by atoms with E-state index in [4.69, 9.17) is 27.3 Å². The van der Waals surface area contributed by atoms with Crippen molar-refractivity contribution in [1.29, 1.82) is 5.26 Å². The van der Waals surface area contributed by atoms with Gasteiger partial charge in [-0.1, -0.05) is 11.6 Å². The van der Waals surface area contributed by atoms with Gasteiger partial charge in [0.2, 0.25) is 0 Å². The summed E-state index contributed by atoms with van der Waals surface area (Å²) in [5, 5.41) is 8.81. The van der Waals surface area contributed by atoms with Crippen LogP contribution in [0.25, 0.3) is 0 Å². The molecule has 0 atom stereocenters. The summed E-state index contributed by atoms with van der Waals surface area (Å²) < 4.78 is 5.06. The van der Waals surface area contributed by atoms with Gasteiger partial charge in [-0.3, -0.25) is 4.79 Å². The van der Waals surface area contributed by atoms with Crippen LogP contribution >= 0.6 is 11.6 Å². The lowest BCUT2D eigenvalue weighted by molar-refractivity contribution is 0.0808. The zero-order valence-corrected chi connectivity index (χ0v) is 10.3. The second kappa shape index (κ2) is 5.41. The molecule has 0 heterocycles. The molecule has 0 aliphatic carbocycles. The number of methoxy groups -OCH3 is 1. The highest BCUT2D eigenvalue weighted by Gasteiger charge is 2.18. The first-order valence-corrected chi connectivity index (χ1v) is 5.14. The predicted octanol–water partition coefficient (Wildman–Crippen LogP) is 1.53.